The number of fused-ring (bicyclic) bond motifs is 2. The zero-order valence-electron chi connectivity index (χ0n) is 13.5. The minimum atomic E-state index is -1.25. The number of ether oxygens (including phenoxy) is 2. The minimum absolute atomic E-state index is 0.0743. The number of hydrogen-bond acceptors (Lipinski definition) is 7. The van der Waals surface area contributed by atoms with Crippen molar-refractivity contribution in [2.75, 3.05) is 14.2 Å². The van der Waals surface area contributed by atoms with Gasteiger partial charge in [0.05, 0.1) is 25.9 Å². The Labute approximate surface area is 138 Å². The van der Waals surface area contributed by atoms with E-state index in [1.165, 1.54) is 20.3 Å². The number of methoxy groups -OCH3 is 2. The number of hydrogen-bond donors (Lipinski definition) is 3. The topological polar surface area (TPSA) is 113 Å². The molecule has 0 saturated heterocycles. The zero-order valence-corrected chi connectivity index (χ0v) is 13.5. The number of allylic oxidation sites excluding steroid dienone is 2. The summed E-state index contributed by atoms with van der Waals surface area (Å²) >= 11 is 0. The number of Topliss-reactive ketones (excluding diaryl/α,β-unsaturated/α-hetero) is 2. The third-order valence-electron chi connectivity index (χ3n) is 4.69. The molecule has 24 heavy (non-hydrogen) atoms. The van der Waals surface area contributed by atoms with Gasteiger partial charge in [-0.25, -0.2) is 0 Å². The molecule has 0 radical (unpaired) electrons. The van der Waals surface area contributed by atoms with E-state index in [2.05, 4.69) is 0 Å². The van der Waals surface area contributed by atoms with Crippen LogP contribution in [0.15, 0.2) is 17.6 Å². The first-order valence-electron chi connectivity index (χ1n) is 7.49. The lowest BCUT2D eigenvalue weighted by Gasteiger charge is -2.33. The summed E-state index contributed by atoms with van der Waals surface area (Å²) in [6.45, 7) is 1.73. The highest BCUT2D eigenvalue weighted by molar-refractivity contribution is 6.26. The van der Waals surface area contributed by atoms with Gasteiger partial charge in [0.15, 0.2) is 0 Å². The van der Waals surface area contributed by atoms with Crippen LogP contribution in [0.4, 0.5) is 0 Å². The Morgan fingerprint density at radius 2 is 1.67 bits per heavy atom. The molecular formula is C17H18O7. The van der Waals surface area contributed by atoms with Gasteiger partial charge in [-0.1, -0.05) is 6.92 Å². The first-order chi connectivity index (χ1) is 11.3. The van der Waals surface area contributed by atoms with Crippen LogP contribution >= 0.6 is 0 Å². The van der Waals surface area contributed by atoms with Crippen LogP contribution in [0.25, 0.3) is 0 Å². The maximum absolute atomic E-state index is 12.6. The summed E-state index contributed by atoms with van der Waals surface area (Å²) in [4.78, 5) is 25.2. The summed E-state index contributed by atoms with van der Waals surface area (Å²) in [7, 11) is 2.48. The molecule has 1 aromatic rings. The average Bonchev–Trinajstić information content (AvgIpc) is 2.56. The van der Waals surface area contributed by atoms with Crippen molar-refractivity contribution in [3.05, 3.63) is 39.8 Å². The highest BCUT2D eigenvalue weighted by atomic mass is 16.5. The quantitative estimate of drug-likeness (QED) is 0.735. The van der Waals surface area contributed by atoms with Gasteiger partial charge in [0.25, 0.3) is 0 Å². The first-order valence-corrected chi connectivity index (χ1v) is 7.49. The molecule has 0 bridgehead atoms. The lowest BCUT2D eigenvalue weighted by molar-refractivity contribution is -0.0229. The van der Waals surface area contributed by atoms with Crippen molar-refractivity contribution >= 4 is 11.6 Å². The largest absolute Gasteiger partial charge is 0.507 e. The van der Waals surface area contributed by atoms with Crippen molar-refractivity contribution in [1.82, 2.24) is 0 Å². The molecule has 0 fully saturated rings. The fourth-order valence-corrected chi connectivity index (χ4v) is 3.37. The number of aliphatic hydroxyl groups excluding tert-OH is 2. The number of carbonyl (C=O) groups is 2. The second kappa shape index (κ2) is 5.61. The predicted octanol–water partition coefficient (Wildman–Crippen LogP) is 0.862. The third kappa shape index (κ3) is 2.05. The molecule has 7 heteroatoms. The molecule has 2 aliphatic carbocycles. The highest BCUT2D eigenvalue weighted by Crippen LogP contribution is 2.43. The SMILES string of the molecule is COC1=C(OC)C(=O)c2c(cc3c(c2O)C[C@@H](C)[C@H](O)[C@H]3O)C1=O. The predicted molar refractivity (Wildman–Crippen MR) is 81.6 cm³/mol. The maximum Gasteiger partial charge on any atom is 0.236 e. The molecule has 3 N–H and O–H groups in total. The number of carbonyl (C=O) groups excluding carboxylic acids is 2. The summed E-state index contributed by atoms with van der Waals surface area (Å²) in [6.07, 6.45) is -1.99. The molecule has 0 heterocycles. The minimum Gasteiger partial charge on any atom is -0.507 e. The third-order valence-corrected chi connectivity index (χ3v) is 4.69. The summed E-state index contributed by atoms with van der Waals surface area (Å²) in [5, 5.41) is 30.9. The van der Waals surface area contributed by atoms with E-state index in [1.54, 1.807) is 6.92 Å². The van der Waals surface area contributed by atoms with Gasteiger partial charge in [-0.3, -0.25) is 9.59 Å². The average molecular weight is 334 g/mol. The summed E-state index contributed by atoms with van der Waals surface area (Å²) in [5.74, 6) is -2.47. The monoisotopic (exact) mass is 334 g/mol. The van der Waals surface area contributed by atoms with Crippen LogP contribution in [-0.2, 0) is 15.9 Å². The van der Waals surface area contributed by atoms with Crippen LogP contribution in [0.2, 0.25) is 0 Å². The van der Waals surface area contributed by atoms with Gasteiger partial charge in [-0.2, -0.15) is 0 Å². The molecule has 0 aromatic heterocycles. The fourth-order valence-electron chi connectivity index (χ4n) is 3.37. The number of ketones is 2. The van der Waals surface area contributed by atoms with Gasteiger partial charge in [-0.05, 0) is 24.0 Å². The van der Waals surface area contributed by atoms with Crippen LogP contribution in [0.5, 0.6) is 5.75 Å². The molecule has 0 aliphatic heterocycles. The van der Waals surface area contributed by atoms with Crippen molar-refractivity contribution in [2.45, 2.75) is 25.6 Å². The molecule has 1 aromatic carbocycles. The molecule has 3 atom stereocenters. The molecular weight excluding hydrogens is 316 g/mol. The molecule has 0 unspecified atom stereocenters. The smallest absolute Gasteiger partial charge is 0.236 e. The molecule has 0 spiro atoms. The standard InChI is InChI=1S/C17H18O7/c1-6-4-7-8(13(20)11(6)18)5-9-10(12(7)19)15(22)17(24-3)16(23-2)14(9)21/h5-6,11,13,18-20H,4H2,1-3H3/t6-,11+,13+/m1/s1. The molecule has 0 amide bonds. The van der Waals surface area contributed by atoms with Crippen LogP contribution in [0.1, 0.15) is 44.9 Å². The molecule has 3 rings (SSSR count). The van der Waals surface area contributed by atoms with Gasteiger partial charge >= 0.3 is 0 Å². The van der Waals surface area contributed by atoms with Gasteiger partial charge in [-0.15, -0.1) is 0 Å². The summed E-state index contributed by atoms with van der Waals surface area (Å²) in [6, 6.07) is 1.34. The Bertz CT molecular complexity index is 778. The normalized spacial score (nSPS) is 26.1. The van der Waals surface area contributed by atoms with Crippen LogP contribution < -0.4 is 0 Å². The van der Waals surface area contributed by atoms with Gasteiger partial charge in [0.2, 0.25) is 23.1 Å². The number of phenolic OH excluding ortho intramolecular Hbond substituents is 1. The van der Waals surface area contributed by atoms with E-state index in [9.17, 15) is 24.9 Å². The second-order valence-electron chi connectivity index (χ2n) is 6.06. The summed E-state index contributed by atoms with van der Waals surface area (Å²) < 4.78 is 9.95. The van der Waals surface area contributed by atoms with Crippen molar-refractivity contribution in [2.24, 2.45) is 5.92 Å². The Kier molecular flexibility index (Phi) is 3.85. The van der Waals surface area contributed by atoms with Crippen molar-refractivity contribution < 1.29 is 34.4 Å². The van der Waals surface area contributed by atoms with Crippen molar-refractivity contribution in [3.8, 4) is 5.75 Å². The van der Waals surface area contributed by atoms with E-state index in [0.29, 0.717) is 5.56 Å². The van der Waals surface area contributed by atoms with Crippen LogP contribution in [-0.4, -0.2) is 47.2 Å². The Hall–Kier alpha value is -2.38. The Morgan fingerprint density at radius 1 is 1.08 bits per heavy atom. The fraction of sp³-hybridized carbons (Fsp3) is 0.412. The lowest BCUT2D eigenvalue weighted by atomic mass is 9.76. The Morgan fingerprint density at radius 3 is 2.25 bits per heavy atom. The number of aromatic hydroxyl groups is 1. The van der Waals surface area contributed by atoms with E-state index in [0.717, 1.165) is 0 Å². The molecule has 0 saturated carbocycles. The number of rotatable bonds is 2. The molecule has 2 aliphatic rings. The second-order valence-corrected chi connectivity index (χ2v) is 6.06. The number of benzene rings is 1. The van der Waals surface area contributed by atoms with Crippen molar-refractivity contribution in [3.63, 3.8) is 0 Å². The van der Waals surface area contributed by atoms with E-state index >= 15 is 0 Å². The van der Waals surface area contributed by atoms with E-state index in [-0.39, 0.29) is 46.3 Å². The van der Waals surface area contributed by atoms with Gasteiger partial charge < -0.3 is 24.8 Å². The summed E-state index contributed by atoms with van der Waals surface area (Å²) in [5.41, 5.74) is 0.368. The van der Waals surface area contributed by atoms with E-state index in [4.69, 9.17) is 9.47 Å². The highest BCUT2D eigenvalue weighted by Gasteiger charge is 2.41. The Balaban J connectivity index is 2.28. The van der Waals surface area contributed by atoms with Gasteiger partial charge in [0.1, 0.15) is 11.9 Å². The van der Waals surface area contributed by atoms with E-state index < -0.39 is 23.8 Å². The lowest BCUT2D eigenvalue weighted by Crippen LogP contribution is -2.34. The zero-order chi connectivity index (χ0) is 17.8. The van der Waals surface area contributed by atoms with Gasteiger partial charge in [0, 0.05) is 11.1 Å². The van der Waals surface area contributed by atoms with Crippen LogP contribution in [0.3, 0.4) is 0 Å². The number of aliphatic hydroxyl groups is 2. The number of phenols is 1. The van der Waals surface area contributed by atoms with Crippen LogP contribution in [0, 0.1) is 5.92 Å². The first kappa shape index (κ1) is 16.5. The van der Waals surface area contributed by atoms with E-state index in [1.807, 2.05) is 0 Å². The maximum atomic E-state index is 12.6. The molecule has 7 nitrogen and oxygen atoms in total. The van der Waals surface area contributed by atoms with Crippen molar-refractivity contribution in [1.29, 1.82) is 0 Å². The molecule has 128 valence electrons.